The number of thioether (sulfide) groups is 1. The summed E-state index contributed by atoms with van der Waals surface area (Å²) < 4.78 is 29.2. The van der Waals surface area contributed by atoms with Gasteiger partial charge in [-0.2, -0.15) is 0 Å². The van der Waals surface area contributed by atoms with E-state index in [0.717, 1.165) is 28.6 Å². The van der Waals surface area contributed by atoms with Gasteiger partial charge in [0.15, 0.2) is 0 Å². The molecule has 0 spiro atoms. The molecule has 0 radical (unpaired) electrons. The van der Waals surface area contributed by atoms with Crippen LogP contribution in [0.4, 0.5) is 13.6 Å². The lowest BCUT2D eigenvalue weighted by Crippen LogP contribution is -2.30. The zero-order valence-electron chi connectivity index (χ0n) is 13.5. The summed E-state index contributed by atoms with van der Waals surface area (Å²) in [5.41, 5.74) is 2.04. The summed E-state index contributed by atoms with van der Waals surface area (Å²) in [4.78, 5) is 23.2. The smallest absolute Gasteiger partial charge is 0.287 e. The second-order valence-electron chi connectivity index (χ2n) is 6.14. The molecule has 0 bridgehead atoms. The average Bonchev–Trinajstić information content (AvgIpc) is 3.15. The number of nitrogens with one attached hydrogen (secondary N) is 1. The molecule has 1 amide bonds. The maximum Gasteiger partial charge on any atom is 0.287 e. The number of hydrogen-bond acceptors (Lipinski definition) is 3. The highest BCUT2D eigenvalue weighted by Crippen LogP contribution is 2.26. The molecule has 7 heteroatoms. The Kier molecular flexibility index (Phi) is 4.24. The van der Waals surface area contributed by atoms with Crippen LogP contribution in [0.25, 0.3) is 10.9 Å². The number of hydrogen-bond donors (Lipinski definition) is 1. The molecule has 4 nitrogen and oxygen atoms in total. The average molecular weight is 372 g/mol. The van der Waals surface area contributed by atoms with Crippen molar-refractivity contribution in [3.63, 3.8) is 0 Å². The summed E-state index contributed by atoms with van der Waals surface area (Å²) in [6.45, 7) is 0.200. The van der Waals surface area contributed by atoms with Crippen LogP contribution in [-0.2, 0) is 17.8 Å². The summed E-state index contributed by atoms with van der Waals surface area (Å²) in [6, 6.07) is 10.4. The van der Waals surface area contributed by atoms with Crippen LogP contribution >= 0.6 is 11.8 Å². The molecule has 1 atom stereocenters. The fourth-order valence-electron chi connectivity index (χ4n) is 3.20. The zero-order chi connectivity index (χ0) is 18.3. The van der Waals surface area contributed by atoms with Gasteiger partial charge < -0.3 is 9.88 Å². The molecule has 1 saturated heterocycles. The second kappa shape index (κ2) is 6.57. The molecule has 132 valence electrons. The Morgan fingerprint density at radius 1 is 1.08 bits per heavy atom. The SMILES string of the molecule is O=C1NC(Cc2cccc3c2ccn3Cc2cc(F)ccc2F)C(=O)S1. The number of rotatable bonds is 4. The maximum atomic E-state index is 13.9. The minimum Gasteiger partial charge on any atom is -0.343 e. The van der Waals surface area contributed by atoms with Gasteiger partial charge in [-0.1, -0.05) is 12.1 Å². The van der Waals surface area contributed by atoms with E-state index in [1.54, 1.807) is 0 Å². The third-order valence-electron chi connectivity index (χ3n) is 4.45. The van der Waals surface area contributed by atoms with Crippen molar-refractivity contribution in [3.05, 3.63) is 71.4 Å². The Balaban J connectivity index is 1.66. The zero-order valence-corrected chi connectivity index (χ0v) is 14.4. The molecule has 3 aromatic rings. The first-order valence-corrected chi connectivity index (χ1v) is 8.86. The Labute approximate surface area is 152 Å². The molecule has 1 fully saturated rings. The van der Waals surface area contributed by atoms with Crippen LogP contribution in [0.15, 0.2) is 48.7 Å². The summed E-state index contributed by atoms with van der Waals surface area (Å²) in [5.74, 6) is -0.938. The van der Waals surface area contributed by atoms with Gasteiger partial charge in [0.05, 0.1) is 6.54 Å². The van der Waals surface area contributed by atoms with Gasteiger partial charge in [0.25, 0.3) is 5.24 Å². The monoisotopic (exact) mass is 372 g/mol. The second-order valence-corrected chi connectivity index (χ2v) is 7.12. The molecule has 0 saturated carbocycles. The minimum absolute atomic E-state index is 0.187. The van der Waals surface area contributed by atoms with E-state index in [2.05, 4.69) is 5.32 Å². The molecule has 0 aliphatic carbocycles. The number of nitrogens with zero attached hydrogens (tertiary/aromatic N) is 1. The third kappa shape index (κ3) is 3.10. The fraction of sp³-hybridized carbons (Fsp3) is 0.158. The highest BCUT2D eigenvalue weighted by Gasteiger charge is 2.31. The standard InChI is InChI=1S/C19H14F2N2O2S/c20-13-4-5-15(21)12(8-13)10-23-7-6-14-11(2-1-3-17(14)23)9-16-18(24)26-19(25)22-16/h1-8,16H,9-10H2,(H,22,25). The molecule has 1 N–H and O–H groups in total. The van der Waals surface area contributed by atoms with Crippen molar-refractivity contribution in [3.8, 4) is 0 Å². The van der Waals surface area contributed by atoms with Crippen LogP contribution in [0.1, 0.15) is 11.1 Å². The lowest BCUT2D eigenvalue weighted by molar-refractivity contribution is -0.112. The number of amides is 1. The van der Waals surface area contributed by atoms with E-state index in [-0.39, 0.29) is 22.5 Å². The molecule has 2 heterocycles. The van der Waals surface area contributed by atoms with Gasteiger partial charge >= 0.3 is 0 Å². The van der Waals surface area contributed by atoms with Gasteiger partial charge in [-0.3, -0.25) is 9.59 Å². The van der Waals surface area contributed by atoms with Gasteiger partial charge in [0.1, 0.15) is 17.7 Å². The summed E-state index contributed by atoms with van der Waals surface area (Å²) >= 11 is 0.692. The molecule has 4 rings (SSSR count). The predicted molar refractivity (Wildman–Crippen MR) is 96.0 cm³/mol. The van der Waals surface area contributed by atoms with Crippen molar-refractivity contribution in [2.24, 2.45) is 0 Å². The molecule has 1 unspecified atom stereocenters. The summed E-state index contributed by atoms with van der Waals surface area (Å²) in [5, 5.41) is 3.06. The van der Waals surface area contributed by atoms with E-state index in [4.69, 9.17) is 0 Å². The normalized spacial score (nSPS) is 17.1. The first-order chi connectivity index (χ1) is 12.5. The lowest BCUT2D eigenvalue weighted by Gasteiger charge is -2.11. The van der Waals surface area contributed by atoms with Crippen molar-refractivity contribution in [2.75, 3.05) is 0 Å². The Morgan fingerprint density at radius 2 is 1.92 bits per heavy atom. The van der Waals surface area contributed by atoms with Crippen LogP contribution in [0.5, 0.6) is 0 Å². The van der Waals surface area contributed by atoms with Gasteiger partial charge in [-0.25, -0.2) is 8.78 Å². The molecule has 1 aromatic heterocycles. The highest BCUT2D eigenvalue weighted by molar-refractivity contribution is 8.26. The predicted octanol–water partition coefficient (Wildman–Crippen LogP) is 3.86. The van der Waals surface area contributed by atoms with Crippen molar-refractivity contribution < 1.29 is 18.4 Å². The van der Waals surface area contributed by atoms with Gasteiger partial charge in [0, 0.05) is 40.8 Å². The van der Waals surface area contributed by atoms with Crippen molar-refractivity contribution in [1.82, 2.24) is 9.88 Å². The molecular formula is C19H14F2N2O2S. The number of fused-ring (bicyclic) bond motifs is 1. The Hall–Kier alpha value is -2.67. The third-order valence-corrected chi connectivity index (χ3v) is 5.24. The van der Waals surface area contributed by atoms with Gasteiger partial charge in [-0.15, -0.1) is 0 Å². The highest BCUT2D eigenvalue weighted by atomic mass is 32.2. The first-order valence-electron chi connectivity index (χ1n) is 8.04. The summed E-state index contributed by atoms with van der Waals surface area (Å²) in [6.07, 6.45) is 2.20. The van der Waals surface area contributed by atoms with E-state index < -0.39 is 17.7 Å². The van der Waals surface area contributed by atoms with Crippen LogP contribution in [0.2, 0.25) is 0 Å². The quantitative estimate of drug-likeness (QED) is 0.757. The number of aromatic nitrogens is 1. The van der Waals surface area contributed by atoms with Gasteiger partial charge in [0.2, 0.25) is 5.12 Å². The maximum absolute atomic E-state index is 13.9. The number of benzene rings is 2. The van der Waals surface area contributed by atoms with Crippen LogP contribution in [0.3, 0.4) is 0 Å². The fourth-order valence-corrected chi connectivity index (χ4v) is 3.87. The van der Waals surface area contributed by atoms with E-state index in [0.29, 0.717) is 18.2 Å². The Bertz CT molecular complexity index is 1030. The number of halogens is 2. The molecule has 2 aromatic carbocycles. The van der Waals surface area contributed by atoms with E-state index >= 15 is 0 Å². The molecule has 1 aliphatic rings. The van der Waals surface area contributed by atoms with Crippen LogP contribution in [-0.4, -0.2) is 21.0 Å². The molecular weight excluding hydrogens is 358 g/mol. The van der Waals surface area contributed by atoms with E-state index in [1.165, 1.54) is 6.07 Å². The number of carbonyl (C=O) groups is 2. The molecule has 26 heavy (non-hydrogen) atoms. The van der Waals surface area contributed by atoms with Crippen molar-refractivity contribution in [2.45, 2.75) is 19.0 Å². The lowest BCUT2D eigenvalue weighted by atomic mass is 10.0. The van der Waals surface area contributed by atoms with Crippen molar-refractivity contribution in [1.29, 1.82) is 0 Å². The van der Waals surface area contributed by atoms with E-state index in [1.807, 2.05) is 35.0 Å². The van der Waals surface area contributed by atoms with Gasteiger partial charge in [-0.05, 0) is 35.9 Å². The number of carbonyl (C=O) groups excluding carboxylic acids is 2. The minimum atomic E-state index is -0.540. The van der Waals surface area contributed by atoms with E-state index in [9.17, 15) is 18.4 Å². The summed E-state index contributed by atoms with van der Waals surface area (Å²) in [7, 11) is 0. The molecule has 1 aliphatic heterocycles. The first kappa shape index (κ1) is 16.8. The van der Waals surface area contributed by atoms with Crippen LogP contribution in [0, 0.1) is 11.6 Å². The van der Waals surface area contributed by atoms with Crippen molar-refractivity contribution >= 4 is 33.0 Å². The Morgan fingerprint density at radius 3 is 2.69 bits per heavy atom. The largest absolute Gasteiger partial charge is 0.343 e. The topological polar surface area (TPSA) is 51.1 Å². The van der Waals surface area contributed by atoms with Crippen LogP contribution < -0.4 is 5.32 Å².